The lowest BCUT2D eigenvalue weighted by Gasteiger charge is -2.27. The van der Waals surface area contributed by atoms with Crippen molar-refractivity contribution in [3.63, 3.8) is 0 Å². The molecule has 2 fully saturated rings. The zero-order chi connectivity index (χ0) is 16.6. The van der Waals surface area contributed by atoms with Crippen molar-refractivity contribution in [2.75, 3.05) is 19.5 Å². The minimum Gasteiger partial charge on any atom is -0.497 e. The fourth-order valence-electron chi connectivity index (χ4n) is 4.15. The standard InChI is InChI=1S/C17H21NO5/c1-22-11-5-6-13(23-2)12(8-11)18-16(19)14-9-3-4-10(7-9)15(14)17(20)21/h5-6,8-10,14-15H,3-4,7H2,1-2H3,(H,18,19)(H,20,21)/t9-,10+,14+,15+/m1/s1. The van der Waals surface area contributed by atoms with Gasteiger partial charge in [0.25, 0.3) is 0 Å². The number of benzene rings is 1. The lowest BCUT2D eigenvalue weighted by atomic mass is 9.78. The maximum atomic E-state index is 12.7. The summed E-state index contributed by atoms with van der Waals surface area (Å²) < 4.78 is 10.4. The number of aliphatic carboxylic acids is 1. The second-order valence-corrected chi connectivity index (χ2v) is 6.28. The van der Waals surface area contributed by atoms with E-state index in [4.69, 9.17) is 9.47 Å². The molecule has 4 atom stereocenters. The quantitative estimate of drug-likeness (QED) is 0.870. The average molecular weight is 319 g/mol. The molecule has 2 saturated carbocycles. The first kappa shape index (κ1) is 15.6. The van der Waals surface area contributed by atoms with E-state index in [-0.39, 0.29) is 17.7 Å². The van der Waals surface area contributed by atoms with Crippen LogP contribution in [0.2, 0.25) is 0 Å². The van der Waals surface area contributed by atoms with Gasteiger partial charge in [-0.3, -0.25) is 9.59 Å². The molecule has 0 saturated heterocycles. The van der Waals surface area contributed by atoms with Crippen LogP contribution < -0.4 is 14.8 Å². The van der Waals surface area contributed by atoms with Crippen molar-refractivity contribution in [3.8, 4) is 11.5 Å². The van der Waals surface area contributed by atoms with Gasteiger partial charge in [0.05, 0.1) is 31.7 Å². The molecule has 0 aromatic heterocycles. The van der Waals surface area contributed by atoms with Crippen LogP contribution in [0.5, 0.6) is 11.5 Å². The van der Waals surface area contributed by atoms with Crippen molar-refractivity contribution in [2.45, 2.75) is 19.3 Å². The van der Waals surface area contributed by atoms with Crippen LogP contribution in [0.1, 0.15) is 19.3 Å². The molecule has 1 aromatic carbocycles. The number of carboxylic acids is 1. The van der Waals surface area contributed by atoms with Crippen LogP contribution in [0.15, 0.2) is 18.2 Å². The molecule has 0 unspecified atom stereocenters. The van der Waals surface area contributed by atoms with E-state index in [2.05, 4.69) is 5.32 Å². The summed E-state index contributed by atoms with van der Waals surface area (Å²) in [7, 11) is 3.07. The van der Waals surface area contributed by atoms with E-state index in [1.165, 1.54) is 7.11 Å². The number of carboxylic acid groups (broad SMARTS) is 1. The Hall–Kier alpha value is -2.24. The Morgan fingerprint density at radius 1 is 1.13 bits per heavy atom. The van der Waals surface area contributed by atoms with Crippen molar-refractivity contribution in [1.29, 1.82) is 0 Å². The number of rotatable bonds is 5. The van der Waals surface area contributed by atoms with Crippen LogP contribution in [-0.4, -0.2) is 31.2 Å². The number of methoxy groups -OCH3 is 2. The van der Waals surface area contributed by atoms with Gasteiger partial charge in [-0.15, -0.1) is 0 Å². The zero-order valence-corrected chi connectivity index (χ0v) is 13.2. The average Bonchev–Trinajstić information content (AvgIpc) is 3.15. The van der Waals surface area contributed by atoms with Crippen molar-refractivity contribution in [1.82, 2.24) is 0 Å². The maximum Gasteiger partial charge on any atom is 0.307 e. The predicted octanol–water partition coefficient (Wildman–Crippen LogP) is 2.39. The highest BCUT2D eigenvalue weighted by Gasteiger charge is 2.54. The Morgan fingerprint density at radius 3 is 2.43 bits per heavy atom. The van der Waals surface area contributed by atoms with E-state index >= 15 is 0 Å². The van der Waals surface area contributed by atoms with Gasteiger partial charge in [0.2, 0.25) is 5.91 Å². The van der Waals surface area contributed by atoms with Gasteiger partial charge in [-0.2, -0.15) is 0 Å². The maximum absolute atomic E-state index is 12.7. The second kappa shape index (κ2) is 6.10. The van der Waals surface area contributed by atoms with E-state index in [0.29, 0.717) is 17.2 Å². The van der Waals surface area contributed by atoms with Crippen LogP contribution in [0.3, 0.4) is 0 Å². The van der Waals surface area contributed by atoms with Gasteiger partial charge < -0.3 is 19.9 Å². The van der Waals surface area contributed by atoms with Crippen molar-refractivity contribution < 1.29 is 24.2 Å². The molecule has 0 radical (unpaired) electrons. The molecule has 1 amide bonds. The minimum atomic E-state index is -0.866. The number of carbonyl (C=O) groups excluding carboxylic acids is 1. The summed E-state index contributed by atoms with van der Waals surface area (Å²) in [6, 6.07) is 5.13. The lowest BCUT2D eigenvalue weighted by Crippen LogP contribution is -2.37. The summed E-state index contributed by atoms with van der Waals surface area (Å²) in [5, 5.41) is 12.3. The molecule has 2 aliphatic carbocycles. The first-order chi connectivity index (χ1) is 11.0. The fourth-order valence-corrected chi connectivity index (χ4v) is 4.15. The van der Waals surface area contributed by atoms with Crippen LogP contribution in [0.4, 0.5) is 5.69 Å². The molecule has 23 heavy (non-hydrogen) atoms. The summed E-state index contributed by atoms with van der Waals surface area (Å²) in [6.45, 7) is 0. The number of hydrogen-bond acceptors (Lipinski definition) is 4. The summed E-state index contributed by atoms with van der Waals surface area (Å²) in [6.07, 6.45) is 2.68. The van der Waals surface area contributed by atoms with E-state index in [1.54, 1.807) is 25.3 Å². The molecule has 3 rings (SSSR count). The number of fused-ring (bicyclic) bond motifs is 2. The number of anilines is 1. The van der Waals surface area contributed by atoms with E-state index in [0.717, 1.165) is 19.3 Å². The number of carbonyl (C=O) groups is 2. The van der Waals surface area contributed by atoms with Crippen molar-refractivity contribution in [2.24, 2.45) is 23.7 Å². The number of nitrogens with one attached hydrogen (secondary N) is 1. The molecular weight excluding hydrogens is 298 g/mol. The SMILES string of the molecule is COc1ccc(OC)c(NC(=O)[C@H]2[C@@H]3CC[C@@H](C3)[C@@H]2C(=O)O)c1. The first-order valence-corrected chi connectivity index (χ1v) is 7.80. The highest BCUT2D eigenvalue weighted by atomic mass is 16.5. The summed E-state index contributed by atoms with van der Waals surface area (Å²) >= 11 is 0. The molecule has 2 bridgehead atoms. The highest BCUT2D eigenvalue weighted by Crippen LogP contribution is 2.52. The van der Waals surface area contributed by atoms with Gasteiger partial charge in [0.15, 0.2) is 0 Å². The Morgan fingerprint density at radius 2 is 1.83 bits per heavy atom. The number of amides is 1. The smallest absolute Gasteiger partial charge is 0.307 e. The largest absolute Gasteiger partial charge is 0.497 e. The van der Waals surface area contributed by atoms with E-state index in [1.807, 2.05) is 0 Å². The number of hydrogen-bond donors (Lipinski definition) is 2. The number of ether oxygens (including phenoxy) is 2. The molecular formula is C17H21NO5. The zero-order valence-electron chi connectivity index (χ0n) is 13.2. The van der Waals surface area contributed by atoms with Crippen LogP contribution in [0, 0.1) is 23.7 Å². The van der Waals surface area contributed by atoms with E-state index < -0.39 is 17.8 Å². The lowest BCUT2D eigenvalue weighted by molar-refractivity contribution is -0.148. The van der Waals surface area contributed by atoms with Gasteiger partial charge in [0, 0.05) is 6.07 Å². The highest BCUT2D eigenvalue weighted by molar-refractivity contribution is 5.97. The summed E-state index contributed by atoms with van der Waals surface area (Å²) in [4.78, 5) is 24.3. The molecule has 2 N–H and O–H groups in total. The fraction of sp³-hybridized carbons (Fsp3) is 0.529. The van der Waals surface area contributed by atoms with Gasteiger partial charge in [-0.25, -0.2) is 0 Å². The van der Waals surface area contributed by atoms with Gasteiger partial charge >= 0.3 is 5.97 Å². The minimum absolute atomic E-state index is 0.125. The van der Waals surface area contributed by atoms with Crippen LogP contribution in [-0.2, 0) is 9.59 Å². The summed E-state index contributed by atoms with van der Waals surface area (Å²) in [5.74, 6) is -0.741. The summed E-state index contributed by atoms with van der Waals surface area (Å²) in [5.41, 5.74) is 0.503. The molecule has 124 valence electrons. The molecule has 0 spiro atoms. The Balaban J connectivity index is 1.83. The molecule has 1 aromatic rings. The second-order valence-electron chi connectivity index (χ2n) is 6.28. The third-order valence-corrected chi connectivity index (χ3v) is 5.17. The third kappa shape index (κ3) is 2.73. The Kier molecular flexibility index (Phi) is 4.15. The topological polar surface area (TPSA) is 84.9 Å². The van der Waals surface area contributed by atoms with E-state index in [9.17, 15) is 14.7 Å². The predicted molar refractivity (Wildman–Crippen MR) is 83.6 cm³/mol. The monoisotopic (exact) mass is 319 g/mol. The molecule has 2 aliphatic rings. The molecule has 0 aliphatic heterocycles. The normalized spacial score (nSPS) is 28.4. The van der Waals surface area contributed by atoms with Crippen LogP contribution in [0.25, 0.3) is 0 Å². The van der Waals surface area contributed by atoms with Crippen LogP contribution >= 0.6 is 0 Å². The van der Waals surface area contributed by atoms with Gasteiger partial charge in [-0.05, 0) is 43.2 Å². The Bertz CT molecular complexity index is 629. The first-order valence-electron chi connectivity index (χ1n) is 7.80. The van der Waals surface area contributed by atoms with Crippen molar-refractivity contribution in [3.05, 3.63) is 18.2 Å². The third-order valence-electron chi connectivity index (χ3n) is 5.17. The molecule has 6 nitrogen and oxygen atoms in total. The van der Waals surface area contributed by atoms with Gasteiger partial charge in [0.1, 0.15) is 11.5 Å². The Labute approximate surface area is 134 Å². The molecule has 0 heterocycles. The van der Waals surface area contributed by atoms with Crippen molar-refractivity contribution >= 4 is 17.6 Å². The van der Waals surface area contributed by atoms with Gasteiger partial charge in [-0.1, -0.05) is 0 Å². The molecule has 6 heteroatoms.